The Labute approximate surface area is 396 Å². The van der Waals surface area contributed by atoms with Crippen molar-refractivity contribution in [3.8, 4) is 67.8 Å². The molecule has 0 unspecified atom stereocenters. The summed E-state index contributed by atoms with van der Waals surface area (Å²) in [7, 11) is 0. The van der Waals surface area contributed by atoms with Crippen LogP contribution in [0.3, 0.4) is 0 Å². The molecule has 0 N–H and O–H groups in total. The van der Waals surface area contributed by atoms with Gasteiger partial charge in [-0.3, -0.25) is 0 Å². The summed E-state index contributed by atoms with van der Waals surface area (Å²) in [5.41, 5.74) is 15.3. The van der Waals surface area contributed by atoms with Gasteiger partial charge < -0.3 is 13.6 Å². The van der Waals surface area contributed by atoms with E-state index in [9.17, 15) is 0 Å². The Bertz CT molecular complexity index is 4210. The SMILES string of the molecule is c1ccc(-c2nc(-c3ccc(-n4c5ccccc5c5ccccc54)c(-c4ccc5oc6ccccc6c5c4)c3)nc(-c3ccc(-c4ccccc4)c(-n4c5ccccc5c5ccccc54)c3)n2)cc1. The average molecular weight is 882 g/mol. The van der Waals surface area contributed by atoms with Gasteiger partial charge in [-0.05, 0) is 77.9 Å². The van der Waals surface area contributed by atoms with Crippen LogP contribution in [0, 0.1) is 0 Å². The molecule has 0 saturated carbocycles. The van der Waals surface area contributed by atoms with Crippen molar-refractivity contribution in [3.05, 3.63) is 237 Å². The fourth-order valence-electron chi connectivity index (χ4n) is 10.4. The van der Waals surface area contributed by atoms with Crippen LogP contribution in [-0.2, 0) is 0 Å². The number of furan rings is 1. The largest absolute Gasteiger partial charge is 0.456 e. The number of hydrogen-bond acceptors (Lipinski definition) is 4. The zero-order valence-electron chi connectivity index (χ0n) is 37.2. The summed E-state index contributed by atoms with van der Waals surface area (Å²) < 4.78 is 11.1. The Hall–Kier alpha value is -9.39. The molecule has 0 aliphatic carbocycles. The summed E-state index contributed by atoms with van der Waals surface area (Å²) >= 11 is 0. The van der Waals surface area contributed by atoms with Crippen molar-refractivity contribution < 1.29 is 4.42 Å². The molecule has 69 heavy (non-hydrogen) atoms. The Morgan fingerprint density at radius 1 is 0.261 bits per heavy atom. The number of nitrogens with zero attached hydrogens (tertiary/aromatic N) is 5. The molecule has 14 rings (SSSR count). The molecule has 4 heterocycles. The van der Waals surface area contributed by atoms with E-state index in [4.69, 9.17) is 19.4 Å². The summed E-state index contributed by atoms with van der Waals surface area (Å²) in [5.74, 6) is 1.76. The Kier molecular flexibility index (Phi) is 8.79. The van der Waals surface area contributed by atoms with E-state index in [1.54, 1.807) is 0 Å². The van der Waals surface area contributed by atoms with Crippen LogP contribution in [0.1, 0.15) is 0 Å². The molecule has 4 aromatic heterocycles. The van der Waals surface area contributed by atoms with E-state index in [0.717, 1.165) is 94.3 Å². The van der Waals surface area contributed by atoms with Gasteiger partial charge in [0.2, 0.25) is 0 Å². The molecule has 0 amide bonds. The summed E-state index contributed by atoms with van der Waals surface area (Å²) in [6.45, 7) is 0. The fourth-order valence-corrected chi connectivity index (χ4v) is 10.4. The molecule has 10 aromatic carbocycles. The molecule has 6 nitrogen and oxygen atoms in total. The molecule has 0 fully saturated rings. The van der Waals surface area contributed by atoms with Crippen LogP contribution < -0.4 is 0 Å². The Balaban J connectivity index is 1.01. The molecule has 0 atom stereocenters. The van der Waals surface area contributed by atoms with E-state index < -0.39 is 0 Å². The van der Waals surface area contributed by atoms with Gasteiger partial charge in [0.05, 0.1) is 33.4 Å². The van der Waals surface area contributed by atoms with Crippen LogP contribution in [0.2, 0.25) is 0 Å². The maximum atomic E-state index is 6.34. The van der Waals surface area contributed by atoms with E-state index in [2.05, 4.69) is 215 Å². The predicted octanol–water partition coefficient (Wildman–Crippen LogP) is 16.3. The second-order valence-corrected chi connectivity index (χ2v) is 17.6. The number of para-hydroxylation sites is 5. The van der Waals surface area contributed by atoms with Gasteiger partial charge in [0.1, 0.15) is 11.2 Å². The lowest BCUT2D eigenvalue weighted by Gasteiger charge is -2.17. The van der Waals surface area contributed by atoms with E-state index in [1.807, 2.05) is 30.3 Å². The van der Waals surface area contributed by atoms with Gasteiger partial charge in [-0.25, -0.2) is 15.0 Å². The van der Waals surface area contributed by atoms with E-state index in [-0.39, 0.29) is 0 Å². The highest BCUT2D eigenvalue weighted by atomic mass is 16.3. The second-order valence-electron chi connectivity index (χ2n) is 17.6. The van der Waals surface area contributed by atoms with Gasteiger partial charge in [0.25, 0.3) is 0 Å². The first kappa shape index (κ1) is 38.8. The topological polar surface area (TPSA) is 61.7 Å². The number of hydrogen-bond donors (Lipinski definition) is 0. The minimum absolute atomic E-state index is 0.578. The minimum Gasteiger partial charge on any atom is -0.456 e. The van der Waals surface area contributed by atoms with Crippen LogP contribution in [0.15, 0.2) is 241 Å². The van der Waals surface area contributed by atoms with Gasteiger partial charge >= 0.3 is 0 Å². The minimum atomic E-state index is 0.578. The van der Waals surface area contributed by atoms with Gasteiger partial charge in [0.15, 0.2) is 17.5 Å². The summed E-state index contributed by atoms with van der Waals surface area (Å²) in [5, 5.41) is 6.95. The van der Waals surface area contributed by atoms with Crippen LogP contribution in [0.5, 0.6) is 0 Å². The highest BCUT2D eigenvalue weighted by Gasteiger charge is 2.22. The molecule has 322 valence electrons. The van der Waals surface area contributed by atoms with Crippen molar-refractivity contribution in [1.29, 1.82) is 0 Å². The van der Waals surface area contributed by atoms with Crippen molar-refractivity contribution in [2.24, 2.45) is 0 Å². The molecular weight excluding hydrogens is 843 g/mol. The molecule has 0 aliphatic heterocycles. The lowest BCUT2D eigenvalue weighted by molar-refractivity contribution is 0.669. The molecule has 0 bridgehead atoms. The summed E-state index contributed by atoms with van der Waals surface area (Å²) in [6, 6.07) is 83.4. The van der Waals surface area contributed by atoms with Crippen molar-refractivity contribution in [3.63, 3.8) is 0 Å². The van der Waals surface area contributed by atoms with E-state index >= 15 is 0 Å². The second kappa shape index (κ2) is 15.6. The molecule has 0 aliphatic rings. The molecule has 14 aromatic rings. The standard InChI is InChI=1S/C63H39N5O/c1-3-17-40(18-4-1)45-34-31-44(39-58(45)68-55-28-14-9-23-48(55)49-24-10-15-29-56(49)68)63-65-61(41-19-5-2-6-20-41)64-62(66-63)43-32-35-57(67-53-26-12-7-21-46(53)47-22-8-13-27-54(47)67)51(38-43)42-33-36-60-52(37-42)50-25-11-16-30-59(50)69-60/h1-39H. The maximum absolute atomic E-state index is 6.34. The van der Waals surface area contributed by atoms with E-state index in [1.165, 1.54) is 21.5 Å². The van der Waals surface area contributed by atoms with Gasteiger partial charge in [-0.2, -0.15) is 0 Å². The Morgan fingerprint density at radius 2 is 0.696 bits per heavy atom. The molecule has 6 heteroatoms. The smallest absolute Gasteiger partial charge is 0.164 e. The average Bonchev–Trinajstić information content (AvgIpc) is 4.08. The lowest BCUT2D eigenvalue weighted by Crippen LogP contribution is -2.03. The highest BCUT2D eigenvalue weighted by molar-refractivity contribution is 6.12. The summed E-state index contributed by atoms with van der Waals surface area (Å²) in [6.07, 6.45) is 0. The quantitative estimate of drug-likeness (QED) is 0.160. The predicted molar refractivity (Wildman–Crippen MR) is 283 cm³/mol. The summed E-state index contributed by atoms with van der Waals surface area (Å²) in [4.78, 5) is 16.0. The molecule has 0 spiro atoms. The Morgan fingerprint density at radius 3 is 1.29 bits per heavy atom. The van der Waals surface area contributed by atoms with Crippen molar-refractivity contribution >= 4 is 65.6 Å². The third-order valence-electron chi connectivity index (χ3n) is 13.6. The van der Waals surface area contributed by atoms with Crippen LogP contribution in [-0.4, -0.2) is 24.1 Å². The maximum Gasteiger partial charge on any atom is 0.164 e. The molecule has 0 radical (unpaired) electrons. The lowest BCUT2D eigenvalue weighted by atomic mass is 9.98. The van der Waals surface area contributed by atoms with Crippen LogP contribution >= 0.6 is 0 Å². The fraction of sp³-hybridized carbons (Fsp3) is 0. The number of aromatic nitrogens is 5. The number of fused-ring (bicyclic) bond motifs is 9. The number of rotatable bonds is 7. The van der Waals surface area contributed by atoms with Crippen molar-refractivity contribution in [2.45, 2.75) is 0 Å². The third-order valence-corrected chi connectivity index (χ3v) is 13.6. The van der Waals surface area contributed by atoms with Crippen molar-refractivity contribution in [1.82, 2.24) is 24.1 Å². The monoisotopic (exact) mass is 881 g/mol. The first-order valence-electron chi connectivity index (χ1n) is 23.3. The van der Waals surface area contributed by atoms with Gasteiger partial charge in [-0.15, -0.1) is 0 Å². The highest BCUT2D eigenvalue weighted by Crippen LogP contribution is 2.42. The normalized spacial score (nSPS) is 11.8. The zero-order chi connectivity index (χ0) is 45.4. The molecular formula is C63H39N5O. The van der Waals surface area contributed by atoms with Crippen molar-refractivity contribution in [2.75, 3.05) is 0 Å². The van der Waals surface area contributed by atoms with Gasteiger partial charge in [-0.1, -0.05) is 170 Å². The first-order valence-corrected chi connectivity index (χ1v) is 23.3. The first-order chi connectivity index (χ1) is 34.2. The number of benzene rings is 10. The van der Waals surface area contributed by atoms with Crippen LogP contribution in [0.25, 0.3) is 133 Å². The van der Waals surface area contributed by atoms with Crippen LogP contribution in [0.4, 0.5) is 0 Å². The van der Waals surface area contributed by atoms with E-state index in [0.29, 0.717) is 17.5 Å². The van der Waals surface area contributed by atoms with Gasteiger partial charge in [0, 0.05) is 60.1 Å². The zero-order valence-corrected chi connectivity index (χ0v) is 37.2. The molecule has 0 saturated heterocycles. The third kappa shape index (κ3) is 6.30.